The van der Waals surface area contributed by atoms with Crippen LogP contribution in [0.3, 0.4) is 0 Å². The van der Waals surface area contributed by atoms with Gasteiger partial charge in [0.1, 0.15) is 0 Å². The minimum atomic E-state index is -3.06. The number of aromatic nitrogens is 2. The van der Waals surface area contributed by atoms with Crippen molar-refractivity contribution in [3.8, 4) is 11.5 Å². The Hall–Kier alpha value is -1.93. The van der Waals surface area contributed by atoms with Gasteiger partial charge < -0.3 is 9.73 Å². The van der Waals surface area contributed by atoms with Gasteiger partial charge in [-0.2, -0.15) is 0 Å². The fourth-order valence-electron chi connectivity index (χ4n) is 2.18. The molecule has 0 aliphatic carbocycles. The second kappa shape index (κ2) is 5.69. The van der Waals surface area contributed by atoms with Crippen molar-refractivity contribution >= 4 is 27.3 Å². The lowest BCUT2D eigenvalue weighted by Gasteiger charge is -2.07. The lowest BCUT2D eigenvalue weighted by atomic mass is 10.2. The number of sulfone groups is 1. The number of benzene rings is 1. The van der Waals surface area contributed by atoms with Crippen molar-refractivity contribution in [3.05, 3.63) is 35.2 Å². The molecule has 0 bridgehead atoms. The molecule has 1 amide bonds. The van der Waals surface area contributed by atoms with Gasteiger partial charge in [-0.15, -0.1) is 10.2 Å². The van der Waals surface area contributed by atoms with Crippen LogP contribution in [0.1, 0.15) is 17.1 Å². The van der Waals surface area contributed by atoms with Gasteiger partial charge in [-0.25, -0.2) is 8.42 Å². The van der Waals surface area contributed by atoms with Gasteiger partial charge in [0, 0.05) is 16.6 Å². The summed E-state index contributed by atoms with van der Waals surface area (Å²) < 4.78 is 28.0. The largest absolute Gasteiger partial charge is 0.412 e. The van der Waals surface area contributed by atoms with E-state index in [2.05, 4.69) is 15.5 Å². The summed E-state index contributed by atoms with van der Waals surface area (Å²) in [7, 11) is -3.06. The van der Waals surface area contributed by atoms with Crippen molar-refractivity contribution < 1.29 is 17.6 Å². The molecule has 0 spiro atoms. The van der Waals surface area contributed by atoms with E-state index in [0.29, 0.717) is 17.0 Å². The van der Waals surface area contributed by atoms with Crippen LogP contribution in [0.4, 0.5) is 0 Å². The fourth-order valence-corrected chi connectivity index (χ4v) is 3.98. The minimum Gasteiger partial charge on any atom is -0.412 e. The topological polar surface area (TPSA) is 102 Å². The molecule has 1 unspecified atom stereocenters. The predicted octanol–water partition coefficient (Wildman–Crippen LogP) is 1.31. The highest BCUT2D eigenvalue weighted by molar-refractivity contribution is 7.91. The molecule has 2 aromatic rings. The zero-order valence-electron chi connectivity index (χ0n) is 11.3. The number of carbonyl (C=O) groups excluding carboxylic acids is 1. The molecule has 1 aliphatic rings. The molecule has 3 rings (SSSR count). The number of hydrogen-bond donors (Lipinski definition) is 1. The van der Waals surface area contributed by atoms with Gasteiger partial charge in [-0.1, -0.05) is 11.6 Å². The van der Waals surface area contributed by atoms with Crippen LogP contribution in [0.25, 0.3) is 11.5 Å². The fraction of sp³-hybridized carbons (Fsp3) is 0.308. The highest BCUT2D eigenvalue weighted by Crippen LogP contribution is 2.20. The summed E-state index contributed by atoms with van der Waals surface area (Å²) in [6, 6.07) is 6.32. The Labute approximate surface area is 131 Å². The summed E-state index contributed by atoms with van der Waals surface area (Å²) in [5, 5.41) is 10.6. The number of carbonyl (C=O) groups is 1. The standard InChI is InChI=1S/C13H12ClN3O4S/c14-9-3-1-8(2-4-9)12-16-17-13(21-12)11(18)15-10-5-6-22(19,20)7-10/h1-4,10H,5-7H2,(H,15,18). The van der Waals surface area contributed by atoms with Crippen LogP contribution in [0.15, 0.2) is 28.7 Å². The first kappa shape index (κ1) is 15.0. The molecule has 2 heterocycles. The van der Waals surface area contributed by atoms with E-state index in [-0.39, 0.29) is 23.3 Å². The average molecular weight is 342 g/mol. The van der Waals surface area contributed by atoms with Gasteiger partial charge in [0.05, 0.1) is 11.5 Å². The Morgan fingerprint density at radius 1 is 1.27 bits per heavy atom. The van der Waals surface area contributed by atoms with Crippen LogP contribution < -0.4 is 5.32 Å². The van der Waals surface area contributed by atoms with Crippen molar-refractivity contribution in [1.82, 2.24) is 15.5 Å². The van der Waals surface area contributed by atoms with Gasteiger partial charge >= 0.3 is 11.8 Å². The van der Waals surface area contributed by atoms with Crippen molar-refractivity contribution in [1.29, 1.82) is 0 Å². The highest BCUT2D eigenvalue weighted by atomic mass is 35.5. The van der Waals surface area contributed by atoms with Crippen LogP contribution in [-0.2, 0) is 9.84 Å². The maximum Gasteiger partial charge on any atom is 0.309 e. The number of amides is 1. The molecule has 9 heteroatoms. The molecule has 1 aromatic carbocycles. The van der Waals surface area contributed by atoms with E-state index in [4.69, 9.17) is 16.0 Å². The first-order chi connectivity index (χ1) is 10.4. The summed E-state index contributed by atoms with van der Waals surface area (Å²) in [6.45, 7) is 0. The molecule has 0 saturated carbocycles. The zero-order chi connectivity index (χ0) is 15.7. The quantitative estimate of drug-likeness (QED) is 0.903. The maximum absolute atomic E-state index is 12.0. The predicted molar refractivity (Wildman–Crippen MR) is 79.3 cm³/mol. The van der Waals surface area contributed by atoms with Gasteiger partial charge in [0.2, 0.25) is 5.89 Å². The third-order valence-electron chi connectivity index (χ3n) is 3.28. The van der Waals surface area contributed by atoms with E-state index in [0.717, 1.165) is 0 Å². The number of hydrogen-bond acceptors (Lipinski definition) is 6. The number of rotatable bonds is 3. The molecular formula is C13H12ClN3O4S. The smallest absolute Gasteiger partial charge is 0.309 e. The van der Waals surface area contributed by atoms with Crippen LogP contribution >= 0.6 is 11.6 Å². The van der Waals surface area contributed by atoms with Crippen molar-refractivity contribution in [3.63, 3.8) is 0 Å². The number of nitrogens with zero attached hydrogens (tertiary/aromatic N) is 2. The molecule has 0 radical (unpaired) electrons. The molecule has 1 N–H and O–H groups in total. The average Bonchev–Trinajstić information content (AvgIpc) is 3.06. The van der Waals surface area contributed by atoms with E-state index in [1.165, 1.54) is 0 Å². The summed E-state index contributed by atoms with van der Waals surface area (Å²) in [6.07, 6.45) is 0.395. The van der Waals surface area contributed by atoms with Crippen LogP contribution in [0.2, 0.25) is 5.02 Å². The third kappa shape index (κ3) is 3.28. The monoisotopic (exact) mass is 341 g/mol. The second-order valence-electron chi connectivity index (χ2n) is 4.99. The van der Waals surface area contributed by atoms with Gasteiger partial charge in [0.15, 0.2) is 9.84 Å². The van der Waals surface area contributed by atoms with Crippen molar-refractivity contribution in [2.45, 2.75) is 12.5 Å². The first-order valence-electron chi connectivity index (χ1n) is 6.54. The first-order valence-corrected chi connectivity index (χ1v) is 8.74. The summed E-state index contributed by atoms with van der Waals surface area (Å²) in [5.41, 5.74) is 0.638. The van der Waals surface area contributed by atoms with Gasteiger partial charge in [0.25, 0.3) is 0 Å². The highest BCUT2D eigenvalue weighted by Gasteiger charge is 2.30. The molecule has 1 saturated heterocycles. The molecule has 7 nitrogen and oxygen atoms in total. The Kier molecular flexibility index (Phi) is 3.88. The molecule has 116 valence electrons. The lowest BCUT2D eigenvalue weighted by molar-refractivity contribution is 0.0907. The van der Waals surface area contributed by atoms with Gasteiger partial charge in [-0.3, -0.25) is 4.79 Å². The molecular weight excluding hydrogens is 330 g/mol. The number of halogens is 1. The van der Waals surface area contributed by atoms with Crippen LogP contribution in [0, 0.1) is 0 Å². The van der Waals surface area contributed by atoms with E-state index in [1.807, 2.05) is 0 Å². The van der Waals surface area contributed by atoms with E-state index >= 15 is 0 Å². The van der Waals surface area contributed by atoms with Gasteiger partial charge in [-0.05, 0) is 30.7 Å². The zero-order valence-corrected chi connectivity index (χ0v) is 12.9. The Bertz CT molecular complexity index is 801. The molecule has 1 aromatic heterocycles. The molecule has 1 fully saturated rings. The van der Waals surface area contributed by atoms with Crippen LogP contribution in [0.5, 0.6) is 0 Å². The number of nitrogens with one attached hydrogen (secondary N) is 1. The third-order valence-corrected chi connectivity index (χ3v) is 5.30. The maximum atomic E-state index is 12.0. The Morgan fingerprint density at radius 3 is 2.64 bits per heavy atom. The minimum absolute atomic E-state index is 0.0586. The SMILES string of the molecule is O=C(NC1CCS(=O)(=O)C1)c1nnc(-c2ccc(Cl)cc2)o1. The van der Waals surface area contributed by atoms with Crippen LogP contribution in [-0.4, -0.2) is 42.1 Å². The summed E-state index contributed by atoms with van der Waals surface area (Å²) in [5.74, 6) is -0.556. The second-order valence-corrected chi connectivity index (χ2v) is 7.66. The molecule has 22 heavy (non-hydrogen) atoms. The summed E-state index contributed by atoms with van der Waals surface area (Å²) >= 11 is 5.79. The Balaban J connectivity index is 1.71. The van der Waals surface area contributed by atoms with E-state index in [9.17, 15) is 13.2 Å². The molecule has 1 aliphatic heterocycles. The van der Waals surface area contributed by atoms with Crippen molar-refractivity contribution in [2.75, 3.05) is 11.5 Å². The summed E-state index contributed by atoms with van der Waals surface area (Å²) in [4.78, 5) is 12.0. The van der Waals surface area contributed by atoms with E-state index in [1.54, 1.807) is 24.3 Å². The lowest BCUT2D eigenvalue weighted by Crippen LogP contribution is -2.35. The van der Waals surface area contributed by atoms with Crippen molar-refractivity contribution in [2.24, 2.45) is 0 Å². The van der Waals surface area contributed by atoms with E-state index < -0.39 is 21.8 Å². The molecule has 1 atom stereocenters. The normalized spacial score (nSPS) is 20.0. The Morgan fingerprint density at radius 2 is 2.00 bits per heavy atom.